The molecule has 0 radical (unpaired) electrons. The molecule has 0 bridgehead atoms. The van der Waals surface area contributed by atoms with Gasteiger partial charge < -0.3 is 86.4 Å². The Morgan fingerprint density at radius 1 is 0.380 bits per heavy atom. The van der Waals surface area contributed by atoms with Gasteiger partial charge in [-0.3, -0.25) is 9.36 Å². The van der Waals surface area contributed by atoms with Gasteiger partial charge in [0.2, 0.25) is 0 Å². The number of carbonyl (C=O) groups excluding carboxylic acids is 7. The number of hydrogen-bond donors (Lipinski definition) is 12. The van der Waals surface area contributed by atoms with Gasteiger partial charge in [0.25, 0.3) is 0 Å². The molecule has 2 aromatic heterocycles. The number of phenolic OH excluding ortho intramolecular Hbond substituents is 5. The van der Waals surface area contributed by atoms with Crippen LogP contribution in [-0.2, 0) is 79.8 Å². The van der Waals surface area contributed by atoms with Crippen LogP contribution in [0.3, 0.4) is 0 Å². The third-order valence-electron chi connectivity index (χ3n) is 13.2. The predicted molar refractivity (Wildman–Crippen MR) is 363 cm³/mol. The van der Waals surface area contributed by atoms with Crippen molar-refractivity contribution in [1.82, 2.24) is 40.4 Å². The molecule has 30 nitrogen and oxygen atoms in total. The number of amides is 4. The van der Waals surface area contributed by atoms with Gasteiger partial charge in [-0.1, -0.05) is 95.3 Å². The number of nitrogens with two attached hydrogens (primary N) is 1. The molecular formula is C70H89N9O21. The molecule has 0 saturated heterocycles. The maximum Gasteiger partial charge on any atom is 0.416 e. The third kappa shape index (κ3) is 33.8. The van der Waals surface area contributed by atoms with Crippen LogP contribution < -0.4 is 27.0 Å². The van der Waals surface area contributed by atoms with Crippen molar-refractivity contribution in [1.29, 1.82) is 0 Å². The molecule has 0 spiro atoms. The van der Waals surface area contributed by atoms with Crippen LogP contribution in [-0.4, -0.2) is 172 Å². The number of aromatic nitrogens is 4. The van der Waals surface area contributed by atoms with Crippen molar-refractivity contribution in [3.05, 3.63) is 187 Å². The summed E-state index contributed by atoms with van der Waals surface area (Å²) in [6.45, 7) is 10.8. The summed E-state index contributed by atoms with van der Waals surface area (Å²) in [5.74, 6) is -2.06. The second-order valence-electron chi connectivity index (χ2n) is 21.7. The molecule has 540 valence electrons. The fourth-order valence-electron chi connectivity index (χ4n) is 8.22. The van der Waals surface area contributed by atoms with Crippen molar-refractivity contribution < 1.29 is 103 Å². The van der Waals surface area contributed by atoms with Crippen molar-refractivity contribution in [2.75, 3.05) is 33.0 Å². The number of rotatable bonds is 29. The van der Waals surface area contributed by atoms with E-state index >= 15 is 0 Å². The number of phenols is 5. The number of carboxylic acid groups (broad SMARTS) is 2. The van der Waals surface area contributed by atoms with Crippen LogP contribution in [0.5, 0.6) is 28.7 Å². The molecule has 13 N–H and O–H groups in total. The van der Waals surface area contributed by atoms with Gasteiger partial charge in [-0.15, -0.1) is 0 Å². The Hall–Kier alpha value is -11.7. The minimum absolute atomic E-state index is 0.0854. The average Bonchev–Trinajstić information content (AvgIpc) is 1.13. The average molecular weight is 1390 g/mol. The molecule has 0 aliphatic carbocycles. The summed E-state index contributed by atoms with van der Waals surface area (Å²) in [6.07, 6.45) is 10.6. The number of urea groups is 1. The molecule has 2 heterocycles. The normalized spacial score (nSPS) is 11.7. The van der Waals surface area contributed by atoms with E-state index in [0.717, 1.165) is 27.7 Å². The van der Waals surface area contributed by atoms with Crippen molar-refractivity contribution in [2.45, 2.75) is 129 Å². The Balaban J connectivity index is 0.000000345. The lowest BCUT2D eigenvalue weighted by atomic mass is 10.1. The fraction of sp³-hybridized carbons (Fsp3) is 0.357. The van der Waals surface area contributed by atoms with Crippen LogP contribution in [0, 0.1) is 0 Å². The van der Waals surface area contributed by atoms with Crippen LogP contribution >= 0.6 is 0 Å². The van der Waals surface area contributed by atoms with Crippen molar-refractivity contribution in [3.63, 3.8) is 0 Å². The summed E-state index contributed by atoms with van der Waals surface area (Å²) in [5, 5.41) is 73.4. The minimum atomic E-state index is -1.28. The molecule has 100 heavy (non-hydrogen) atoms. The Bertz CT molecular complexity index is 3470. The van der Waals surface area contributed by atoms with E-state index < -0.39 is 78.3 Å². The number of nitrogens with one attached hydrogen (secondary N) is 4. The van der Waals surface area contributed by atoms with Gasteiger partial charge in [-0.2, -0.15) is 0 Å². The maximum absolute atomic E-state index is 12.8. The van der Waals surface area contributed by atoms with Crippen LogP contribution in [0.2, 0.25) is 0 Å². The van der Waals surface area contributed by atoms with E-state index in [9.17, 15) is 58.5 Å². The van der Waals surface area contributed by atoms with Crippen LogP contribution in [0.1, 0.15) is 94.5 Å². The molecule has 0 fully saturated rings. The quantitative estimate of drug-likeness (QED) is 0.0158. The first-order chi connectivity index (χ1) is 47.9. The number of carbonyl (C=O) groups is 9. The lowest BCUT2D eigenvalue weighted by molar-refractivity contribution is -0.147. The molecule has 0 aliphatic heterocycles. The van der Waals surface area contributed by atoms with Crippen molar-refractivity contribution >= 4 is 54.1 Å². The predicted octanol–water partition coefficient (Wildman–Crippen LogP) is 7.69. The SMILES string of the molecule is CCCOC(=O)C(Cc1ccc(O)cc1)NC(=O)NC(Cc1ccc(O)cc1)C(=O)OCCC.CCCOC(=O)C(Cc1ccc(O)cc1)NC(=O)O.CCCOC(=O)C(Cc1ccc(O)cc1)NC(=O)n1ccnc1.CCCOC(=O)C(N)Cc1ccc(O)cc1.O=C(O)n1ccnc1. The summed E-state index contributed by atoms with van der Waals surface area (Å²) in [4.78, 5) is 113. The second kappa shape index (κ2) is 46.5. The van der Waals surface area contributed by atoms with Gasteiger partial charge in [-0.05, 0) is 127 Å². The van der Waals surface area contributed by atoms with E-state index in [1.54, 1.807) is 72.8 Å². The molecule has 0 saturated carbocycles. The summed E-state index contributed by atoms with van der Waals surface area (Å²) >= 11 is 0. The summed E-state index contributed by atoms with van der Waals surface area (Å²) in [6, 6.07) is 26.2. The number of ether oxygens (including phenoxy) is 5. The number of aromatic hydroxyl groups is 5. The first-order valence-electron chi connectivity index (χ1n) is 31.9. The molecule has 7 rings (SSSR count). The van der Waals surface area contributed by atoms with Gasteiger partial charge in [0.05, 0.1) is 33.0 Å². The van der Waals surface area contributed by atoms with Gasteiger partial charge in [0, 0.05) is 50.5 Å². The number of esters is 5. The van der Waals surface area contributed by atoms with Crippen molar-refractivity contribution in [3.8, 4) is 28.7 Å². The fourth-order valence-corrected chi connectivity index (χ4v) is 8.22. The van der Waals surface area contributed by atoms with E-state index in [1.807, 2.05) is 34.6 Å². The Morgan fingerprint density at radius 2 is 0.640 bits per heavy atom. The van der Waals surface area contributed by atoms with Crippen LogP contribution in [0.4, 0.5) is 19.2 Å². The van der Waals surface area contributed by atoms with Gasteiger partial charge in [0.15, 0.2) is 0 Å². The van der Waals surface area contributed by atoms with E-state index in [-0.39, 0.29) is 80.2 Å². The number of benzene rings is 5. The molecular weight excluding hydrogens is 1300 g/mol. The largest absolute Gasteiger partial charge is 0.508 e. The Kier molecular flexibility index (Phi) is 38.4. The second-order valence-corrected chi connectivity index (χ2v) is 21.7. The highest BCUT2D eigenvalue weighted by atomic mass is 16.6. The van der Waals surface area contributed by atoms with Gasteiger partial charge in [0.1, 0.15) is 71.6 Å². The van der Waals surface area contributed by atoms with Gasteiger partial charge >= 0.3 is 54.1 Å². The number of hydrogen-bond acceptors (Lipinski definition) is 22. The first kappa shape index (κ1) is 82.5. The van der Waals surface area contributed by atoms with Crippen LogP contribution in [0.25, 0.3) is 0 Å². The van der Waals surface area contributed by atoms with E-state index in [0.29, 0.717) is 56.4 Å². The molecule has 5 atom stereocenters. The molecule has 5 unspecified atom stereocenters. The lowest BCUT2D eigenvalue weighted by Gasteiger charge is -2.22. The summed E-state index contributed by atoms with van der Waals surface area (Å²) in [5.41, 5.74) is 9.53. The lowest BCUT2D eigenvalue weighted by Crippen LogP contribution is -2.53. The standard InChI is InChI=1S/C25H32N2O7.C16H19N3O4.C13H17NO5.C12H17NO3.C4H4N2O2/c1-3-13-33-23(30)21(15-17-5-9-19(28)10-6-17)26-25(32)27-22(24(31)34-14-4-2)16-18-7-11-20(29)12-8-18;1-2-9-23-15(21)14(10-12-3-5-13(20)6-4-12)18-16(22)19-8-7-17-11-19;1-2-7-19-12(16)11(14-13(17)18)8-9-3-5-10(15)6-4-9;1-2-7-16-12(15)11(13)8-9-3-5-10(14)6-4-9;7-4(8)6-2-1-5-3-6/h5-12,21-22,28-29H,3-4,13-16H2,1-2H3,(H2,26,27,32);3-8,11,14,20H,2,9-10H2,1H3,(H,18,22);3-6,11,14-15H,2,7-8H2,1H3,(H,17,18);3-6,11,14H,2,7-8,13H2,1H3;1-3H,(H,7,8). The van der Waals surface area contributed by atoms with Gasteiger partial charge in [-0.25, -0.2) is 52.9 Å². The molecule has 30 heteroatoms. The zero-order valence-electron chi connectivity index (χ0n) is 56.2. The van der Waals surface area contributed by atoms with Crippen molar-refractivity contribution in [2.24, 2.45) is 5.73 Å². The molecule has 5 aromatic carbocycles. The van der Waals surface area contributed by atoms with E-state index in [2.05, 4.69) is 31.2 Å². The molecule has 4 amide bonds. The molecule has 7 aromatic rings. The summed E-state index contributed by atoms with van der Waals surface area (Å²) < 4.78 is 27.7. The minimum Gasteiger partial charge on any atom is -0.508 e. The highest BCUT2D eigenvalue weighted by molar-refractivity contribution is 5.88. The Morgan fingerprint density at radius 3 is 0.890 bits per heavy atom. The maximum atomic E-state index is 12.8. The van der Waals surface area contributed by atoms with E-state index in [1.165, 1.54) is 90.5 Å². The smallest absolute Gasteiger partial charge is 0.416 e. The molecule has 0 aliphatic rings. The zero-order chi connectivity index (χ0) is 73.8. The Labute approximate surface area is 578 Å². The van der Waals surface area contributed by atoms with Crippen LogP contribution in [0.15, 0.2) is 159 Å². The highest BCUT2D eigenvalue weighted by Crippen LogP contribution is 2.17. The number of nitrogens with zero attached hydrogens (tertiary/aromatic N) is 4. The number of imidazole rings is 2. The van der Waals surface area contributed by atoms with E-state index in [4.69, 9.17) is 49.8 Å². The topological polar surface area (TPSA) is 451 Å². The first-order valence-corrected chi connectivity index (χ1v) is 31.9. The highest BCUT2D eigenvalue weighted by Gasteiger charge is 2.29. The summed E-state index contributed by atoms with van der Waals surface area (Å²) in [7, 11) is 0. The zero-order valence-corrected chi connectivity index (χ0v) is 56.2. The monoisotopic (exact) mass is 1390 g/mol. The third-order valence-corrected chi connectivity index (χ3v) is 13.2.